The number of Topliss-reactive ketones (excluding diaryl/α,β-unsaturated/α-hetero) is 1. The summed E-state index contributed by atoms with van der Waals surface area (Å²) in [5.41, 5.74) is 0. The van der Waals surface area contributed by atoms with E-state index in [-0.39, 0.29) is 29.3 Å². The van der Waals surface area contributed by atoms with Crippen LogP contribution >= 0.6 is 0 Å². The molecule has 0 aromatic heterocycles. The van der Waals surface area contributed by atoms with E-state index < -0.39 is 12.4 Å². The average molecular weight is 228 g/mol. The quantitative estimate of drug-likeness (QED) is 0.406. The molecule has 0 atom stereocenters. The summed E-state index contributed by atoms with van der Waals surface area (Å²) in [4.78, 5) is 19.8. The first kappa shape index (κ1) is 18.4. The Morgan fingerprint density at radius 2 is 1.54 bits per heavy atom. The molecule has 0 radical (unpaired) electrons. The summed E-state index contributed by atoms with van der Waals surface area (Å²) in [7, 11) is 0. The Labute approximate surface area is 90.4 Å². The third kappa shape index (κ3) is 34.0. The van der Waals surface area contributed by atoms with Crippen molar-refractivity contribution in [3.63, 3.8) is 0 Å². The van der Waals surface area contributed by atoms with Gasteiger partial charge in [0.2, 0.25) is 0 Å². The van der Waals surface area contributed by atoms with Gasteiger partial charge in [0.1, 0.15) is 5.78 Å². The van der Waals surface area contributed by atoms with Crippen LogP contribution in [0.15, 0.2) is 0 Å². The molecule has 0 heterocycles. The van der Waals surface area contributed by atoms with Gasteiger partial charge < -0.3 is 15.8 Å². The smallest absolute Gasteiger partial charge is 0.550 e. The molecule has 0 saturated heterocycles. The second-order valence-electron chi connectivity index (χ2n) is 2.94. The van der Waals surface area contributed by atoms with Crippen molar-refractivity contribution in [1.29, 1.82) is 0 Å². The zero-order valence-electron chi connectivity index (χ0n) is 8.49. The standard InChI is InChI=1S/C5H8O3.C4H9.Fe/c1-2-4(6)3-5(7)8;1-4(2)3;/h2-3H2,1H3,(H,7,8);1-3H3;/q;-1;+2/p-1. The van der Waals surface area contributed by atoms with Gasteiger partial charge in [-0.15, -0.1) is 0 Å². The van der Waals surface area contributed by atoms with Crippen molar-refractivity contribution in [2.75, 3.05) is 0 Å². The van der Waals surface area contributed by atoms with Gasteiger partial charge >= 0.3 is 17.1 Å². The maximum atomic E-state index is 10.2. The molecule has 0 aliphatic carbocycles. The fraction of sp³-hybridized carbons (Fsp3) is 0.667. The molecule has 13 heavy (non-hydrogen) atoms. The maximum Gasteiger partial charge on any atom is 2.00 e. The van der Waals surface area contributed by atoms with Gasteiger partial charge in [0.25, 0.3) is 0 Å². The summed E-state index contributed by atoms with van der Waals surface area (Å²) in [6.45, 7) is 7.87. The van der Waals surface area contributed by atoms with Crippen molar-refractivity contribution < 1.29 is 31.8 Å². The van der Waals surface area contributed by atoms with Crippen LogP contribution in [0.25, 0.3) is 0 Å². The van der Waals surface area contributed by atoms with E-state index in [9.17, 15) is 14.7 Å². The van der Waals surface area contributed by atoms with Crippen LogP contribution < -0.4 is 5.11 Å². The molecule has 78 valence electrons. The number of ketones is 1. The first-order valence-corrected chi connectivity index (χ1v) is 3.88. The van der Waals surface area contributed by atoms with Crippen molar-refractivity contribution in [3.8, 4) is 0 Å². The summed E-state index contributed by atoms with van der Waals surface area (Å²) < 4.78 is 0. The number of carboxylic acid groups (broad SMARTS) is 1. The Kier molecular flexibility index (Phi) is 16.5. The minimum absolute atomic E-state index is 0. The second-order valence-corrected chi connectivity index (χ2v) is 2.94. The third-order valence-electron chi connectivity index (χ3n) is 0.736. The Morgan fingerprint density at radius 3 is 1.62 bits per heavy atom. The van der Waals surface area contributed by atoms with Crippen molar-refractivity contribution in [2.45, 2.75) is 40.5 Å². The number of carbonyl (C=O) groups is 2. The molecule has 0 fully saturated rings. The van der Waals surface area contributed by atoms with Crippen LogP contribution in [0.3, 0.4) is 0 Å². The topological polar surface area (TPSA) is 57.2 Å². The third-order valence-corrected chi connectivity index (χ3v) is 0.736. The van der Waals surface area contributed by atoms with Gasteiger partial charge in [0, 0.05) is 18.8 Å². The number of hydrogen-bond donors (Lipinski definition) is 0. The van der Waals surface area contributed by atoms with Gasteiger partial charge in [-0.1, -0.05) is 6.92 Å². The Bertz CT molecular complexity index is 141. The molecule has 0 aromatic rings. The first-order valence-electron chi connectivity index (χ1n) is 3.88. The van der Waals surface area contributed by atoms with Crippen LogP contribution in [-0.4, -0.2) is 11.8 Å². The number of aliphatic carboxylic acids is 1. The molecule has 0 amide bonds. The van der Waals surface area contributed by atoms with E-state index in [0.717, 1.165) is 0 Å². The monoisotopic (exact) mass is 228 g/mol. The molecule has 0 aliphatic heterocycles. The molecule has 3 nitrogen and oxygen atoms in total. The van der Waals surface area contributed by atoms with E-state index in [4.69, 9.17) is 0 Å². The Balaban J connectivity index is -0.000000173. The molecule has 0 spiro atoms. The van der Waals surface area contributed by atoms with Gasteiger partial charge in [0.15, 0.2) is 0 Å². The maximum absolute atomic E-state index is 10.2. The fourth-order valence-electron chi connectivity index (χ4n) is 0.286. The second kappa shape index (κ2) is 11.7. The van der Waals surface area contributed by atoms with Crippen LogP contribution in [0.5, 0.6) is 0 Å². The largest absolute Gasteiger partial charge is 2.00 e. The summed E-state index contributed by atoms with van der Waals surface area (Å²) in [5, 5.41) is 9.64. The van der Waals surface area contributed by atoms with Crippen molar-refractivity contribution in [2.24, 2.45) is 0 Å². The summed E-state index contributed by atoms with van der Waals surface area (Å²) in [6, 6.07) is 0. The number of carboxylic acids is 1. The minimum atomic E-state index is -1.29. The van der Waals surface area contributed by atoms with Crippen molar-refractivity contribution in [1.82, 2.24) is 0 Å². The van der Waals surface area contributed by atoms with E-state index in [1.165, 1.54) is 5.92 Å². The SMILES string of the molecule is CCC(=O)CC(=O)[O-].C[C-](C)C.[Fe+2]. The molecular weight excluding hydrogens is 212 g/mol. The van der Waals surface area contributed by atoms with E-state index in [0.29, 0.717) is 0 Å². The summed E-state index contributed by atoms with van der Waals surface area (Å²) in [6.07, 6.45) is -0.176. The zero-order chi connectivity index (χ0) is 10.1. The Hall–Kier alpha value is -0.341. The van der Waals surface area contributed by atoms with Gasteiger partial charge in [-0.05, 0) is 0 Å². The zero-order valence-corrected chi connectivity index (χ0v) is 9.60. The van der Waals surface area contributed by atoms with Gasteiger partial charge in [-0.3, -0.25) is 4.79 Å². The van der Waals surface area contributed by atoms with Crippen LogP contribution in [0.4, 0.5) is 0 Å². The van der Waals surface area contributed by atoms with E-state index in [2.05, 4.69) is 20.8 Å². The Morgan fingerprint density at radius 1 is 1.23 bits per heavy atom. The normalized spacial score (nSPS) is 8.08. The minimum Gasteiger partial charge on any atom is -0.550 e. The number of rotatable bonds is 3. The number of hydrogen-bond acceptors (Lipinski definition) is 3. The average Bonchev–Trinajstić information content (AvgIpc) is 1.84. The summed E-state index contributed by atoms with van der Waals surface area (Å²) >= 11 is 0. The van der Waals surface area contributed by atoms with E-state index >= 15 is 0 Å². The van der Waals surface area contributed by atoms with Crippen molar-refractivity contribution in [3.05, 3.63) is 5.92 Å². The van der Waals surface area contributed by atoms with Crippen LogP contribution in [-0.2, 0) is 26.7 Å². The van der Waals surface area contributed by atoms with Crippen LogP contribution in [0.2, 0.25) is 0 Å². The predicted octanol–water partition coefficient (Wildman–Crippen LogP) is 0.724. The van der Waals surface area contributed by atoms with Crippen LogP contribution in [0.1, 0.15) is 40.5 Å². The number of carbonyl (C=O) groups excluding carboxylic acids is 2. The van der Waals surface area contributed by atoms with Gasteiger partial charge in [-0.2, -0.15) is 20.8 Å². The molecule has 0 bridgehead atoms. The van der Waals surface area contributed by atoms with Crippen LogP contribution in [0, 0.1) is 5.92 Å². The molecular formula is C9H16FeO3. The molecule has 4 heteroatoms. The molecule has 0 N–H and O–H groups in total. The molecule has 0 aliphatic rings. The van der Waals surface area contributed by atoms with Crippen molar-refractivity contribution >= 4 is 11.8 Å². The molecule has 0 unspecified atom stereocenters. The van der Waals surface area contributed by atoms with Gasteiger partial charge in [-0.25, -0.2) is 0 Å². The van der Waals surface area contributed by atoms with E-state index in [1.807, 2.05) is 0 Å². The molecule has 0 aromatic carbocycles. The molecule has 0 saturated carbocycles. The first-order chi connectivity index (χ1) is 5.40. The summed E-state index contributed by atoms with van der Waals surface area (Å²) in [5.74, 6) is -0.165. The van der Waals surface area contributed by atoms with E-state index in [1.54, 1.807) is 6.92 Å². The fourth-order valence-corrected chi connectivity index (χ4v) is 0.286. The predicted molar refractivity (Wildman–Crippen MR) is 45.2 cm³/mol. The van der Waals surface area contributed by atoms with Gasteiger partial charge in [0.05, 0.1) is 0 Å². The molecule has 0 rings (SSSR count).